The zero-order valence-corrected chi connectivity index (χ0v) is 11.0. The summed E-state index contributed by atoms with van der Waals surface area (Å²) in [5.74, 6) is 5.61. The molecule has 3 heteroatoms. The van der Waals surface area contributed by atoms with Crippen molar-refractivity contribution in [3.8, 4) is 17.6 Å². The van der Waals surface area contributed by atoms with Crippen LogP contribution >= 0.6 is 0 Å². The van der Waals surface area contributed by atoms with Gasteiger partial charge < -0.3 is 9.84 Å². The number of rotatable bonds is 4. The normalized spacial score (nSPS) is 9.70. The maximum Gasteiger partial charge on any atom is 0.128 e. The average molecular weight is 270 g/mol. The molecule has 0 saturated carbocycles. The van der Waals surface area contributed by atoms with Crippen molar-refractivity contribution in [2.75, 3.05) is 6.61 Å². The van der Waals surface area contributed by atoms with Crippen molar-refractivity contribution in [3.63, 3.8) is 0 Å². The van der Waals surface area contributed by atoms with Crippen LogP contribution in [0.2, 0.25) is 0 Å². The summed E-state index contributed by atoms with van der Waals surface area (Å²) in [5.41, 5.74) is 1.56. The molecular weight excluding hydrogens is 255 g/mol. The molecule has 1 N–H and O–H groups in total. The van der Waals surface area contributed by atoms with E-state index in [-0.39, 0.29) is 12.4 Å². The van der Waals surface area contributed by atoms with E-state index in [0.717, 1.165) is 5.56 Å². The fourth-order valence-corrected chi connectivity index (χ4v) is 1.68. The second-order valence-electron chi connectivity index (χ2n) is 4.23. The monoisotopic (exact) mass is 270 g/mol. The third kappa shape index (κ3) is 4.42. The standard InChI is InChI=1S/C17H15FO2/c18-16-10-15(8-4-5-9-19)11-17(12-16)20-13-14-6-2-1-3-7-14/h1-3,6-7,10-12,19H,5,9,13H2. The summed E-state index contributed by atoms with van der Waals surface area (Å²) in [6, 6.07) is 14.0. The van der Waals surface area contributed by atoms with Gasteiger partial charge in [0.1, 0.15) is 18.2 Å². The SMILES string of the molecule is OCCC#Cc1cc(F)cc(OCc2ccccc2)c1. The van der Waals surface area contributed by atoms with Gasteiger partial charge in [-0.15, -0.1) is 0 Å². The molecule has 0 aliphatic carbocycles. The van der Waals surface area contributed by atoms with Crippen LogP contribution in [0, 0.1) is 17.7 Å². The molecule has 2 rings (SSSR count). The molecule has 0 aliphatic rings. The van der Waals surface area contributed by atoms with Gasteiger partial charge in [0, 0.05) is 18.1 Å². The number of hydrogen-bond acceptors (Lipinski definition) is 2. The largest absolute Gasteiger partial charge is 0.489 e. The maximum atomic E-state index is 13.5. The Morgan fingerprint density at radius 1 is 1.10 bits per heavy atom. The first-order valence-corrected chi connectivity index (χ1v) is 6.35. The van der Waals surface area contributed by atoms with Gasteiger partial charge in [0.15, 0.2) is 0 Å². The minimum Gasteiger partial charge on any atom is -0.489 e. The van der Waals surface area contributed by atoms with Crippen LogP contribution in [-0.4, -0.2) is 11.7 Å². The lowest BCUT2D eigenvalue weighted by atomic mass is 10.2. The molecule has 102 valence electrons. The highest BCUT2D eigenvalue weighted by atomic mass is 19.1. The van der Waals surface area contributed by atoms with Crippen LogP contribution in [0.1, 0.15) is 17.5 Å². The molecular formula is C17H15FO2. The van der Waals surface area contributed by atoms with Crippen LogP contribution in [-0.2, 0) is 6.61 Å². The first-order chi connectivity index (χ1) is 9.78. The van der Waals surface area contributed by atoms with Crippen LogP contribution < -0.4 is 4.74 Å². The highest BCUT2D eigenvalue weighted by molar-refractivity contribution is 5.40. The summed E-state index contributed by atoms with van der Waals surface area (Å²) in [4.78, 5) is 0. The van der Waals surface area contributed by atoms with E-state index in [0.29, 0.717) is 24.3 Å². The van der Waals surface area contributed by atoms with E-state index in [9.17, 15) is 4.39 Å². The predicted octanol–water partition coefficient (Wildman–Crippen LogP) is 3.14. The van der Waals surface area contributed by atoms with Gasteiger partial charge in [-0.25, -0.2) is 4.39 Å². The Morgan fingerprint density at radius 2 is 1.90 bits per heavy atom. The van der Waals surface area contributed by atoms with Gasteiger partial charge >= 0.3 is 0 Å². The Hall–Kier alpha value is -2.31. The lowest BCUT2D eigenvalue weighted by molar-refractivity contribution is 0.304. The number of aliphatic hydroxyl groups is 1. The molecule has 20 heavy (non-hydrogen) atoms. The quantitative estimate of drug-likeness (QED) is 0.865. The highest BCUT2D eigenvalue weighted by Crippen LogP contribution is 2.17. The Morgan fingerprint density at radius 3 is 2.65 bits per heavy atom. The fourth-order valence-electron chi connectivity index (χ4n) is 1.68. The van der Waals surface area contributed by atoms with E-state index in [1.165, 1.54) is 12.1 Å². The Kier molecular flexibility index (Phi) is 5.16. The molecule has 0 saturated heterocycles. The zero-order valence-electron chi connectivity index (χ0n) is 11.0. The maximum absolute atomic E-state index is 13.5. The van der Waals surface area contributed by atoms with Crippen molar-refractivity contribution < 1.29 is 14.2 Å². The molecule has 2 aromatic rings. The van der Waals surface area contributed by atoms with Crippen LogP contribution in [0.5, 0.6) is 5.75 Å². The van der Waals surface area contributed by atoms with Gasteiger partial charge in [-0.1, -0.05) is 42.2 Å². The zero-order chi connectivity index (χ0) is 14.2. The topological polar surface area (TPSA) is 29.5 Å². The van der Waals surface area contributed by atoms with Crippen molar-refractivity contribution in [2.24, 2.45) is 0 Å². The van der Waals surface area contributed by atoms with Gasteiger partial charge in [0.25, 0.3) is 0 Å². The summed E-state index contributed by atoms with van der Waals surface area (Å²) in [5, 5.41) is 8.66. The number of halogens is 1. The van der Waals surface area contributed by atoms with Crippen molar-refractivity contribution in [1.82, 2.24) is 0 Å². The average Bonchev–Trinajstić information content (AvgIpc) is 2.46. The van der Waals surface area contributed by atoms with Crippen molar-refractivity contribution in [2.45, 2.75) is 13.0 Å². The molecule has 0 atom stereocenters. The van der Waals surface area contributed by atoms with Gasteiger partial charge in [0.05, 0.1) is 6.61 Å². The van der Waals surface area contributed by atoms with Crippen molar-refractivity contribution >= 4 is 0 Å². The molecule has 0 radical (unpaired) electrons. The van der Waals surface area contributed by atoms with E-state index < -0.39 is 0 Å². The first kappa shape index (κ1) is 14.1. The molecule has 2 aromatic carbocycles. The number of aliphatic hydroxyl groups excluding tert-OH is 1. The van der Waals surface area contributed by atoms with Crippen molar-refractivity contribution in [1.29, 1.82) is 0 Å². The summed E-state index contributed by atoms with van der Waals surface area (Å²) in [6.45, 7) is 0.382. The fraction of sp³-hybridized carbons (Fsp3) is 0.176. The third-order valence-electron chi connectivity index (χ3n) is 2.59. The van der Waals surface area contributed by atoms with E-state index in [1.54, 1.807) is 6.07 Å². The van der Waals surface area contributed by atoms with E-state index in [4.69, 9.17) is 9.84 Å². The number of hydrogen-bond donors (Lipinski definition) is 1. The van der Waals surface area contributed by atoms with Crippen LogP contribution in [0.4, 0.5) is 4.39 Å². The molecule has 0 unspecified atom stereocenters. The van der Waals surface area contributed by atoms with Gasteiger partial charge in [-0.05, 0) is 17.7 Å². The van der Waals surface area contributed by atoms with E-state index >= 15 is 0 Å². The summed E-state index contributed by atoms with van der Waals surface area (Å²) in [7, 11) is 0. The summed E-state index contributed by atoms with van der Waals surface area (Å²) < 4.78 is 19.0. The smallest absolute Gasteiger partial charge is 0.128 e. The van der Waals surface area contributed by atoms with Crippen LogP contribution in [0.15, 0.2) is 48.5 Å². The Labute approximate surface area is 117 Å². The molecule has 0 aromatic heterocycles. The van der Waals surface area contributed by atoms with Gasteiger partial charge in [-0.2, -0.15) is 0 Å². The van der Waals surface area contributed by atoms with E-state index in [2.05, 4.69) is 11.8 Å². The molecule has 0 fully saturated rings. The summed E-state index contributed by atoms with van der Waals surface area (Å²) >= 11 is 0. The lowest BCUT2D eigenvalue weighted by Crippen LogP contribution is -1.96. The molecule has 0 aliphatic heterocycles. The third-order valence-corrected chi connectivity index (χ3v) is 2.59. The summed E-state index contributed by atoms with van der Waals surface area (Å²) in [6.07, 6.45) is 0.372. The minimum absolute atomic E-state index is 0.000317. The van der Waals surface area contributed by atoms with Crippen LogP contribution in [0.25, 0.3) is 0 Å². The molecule has 2 nitrogen and oxygen atoms in total. The molecule has 0 bridgehead atoms. The number of ether oxygens (including phenoxy) is 1. The molecule has 0 amide bonds. The Balaban J connectivity index is 2.06. The van der Waals surface area contributed by atoms with Gasteiger partial charge in [-0.3, -0.25) is 0 Å². The predicted molar refractivity (Wildman–Crippen MR) is 75.8 cm³/mol. The van der Waals surface area contributed by atoms with Crippen molar-refractivity contribution in [3.05, 3.63) is 65.5 Å². The second-order valence-corrected chi connectivity index (χ2v) is 4.23. The second kappa shape index (κ2) is 7.32. The van der Waals surface area contributed by atoms with Crippen LogP contribution in [0.3, 0.4) is 0 Å². The lowest BCUT2D eigenvalue weighted by Gasteiger charge is -2.07. The molecule has 0 spiro atoms. The minimum atomic E-state index is -0.385. The first-order valence-electron chi connectivity index (χ1n) is 6.35. The van der Waals surface area contributed by atoms with E-state index in [1.807, 2.05) is 30.3 Å². The van der Waals surface area contributed by atoms with Gasteiger partial charge in [0.2, 0.25) is 0 Å². The number of benzene rings is 2. The molecule has 0 heterocycles. The Bertz CT molecular complexity index is 612. The highest BCUT2D eigenvalue weighted by Gasteiger charge is 2.01.